The van der Waals surface area contributed by atoms with Gasteiger partial charge in [-0.3, -0.25) is 19.7 Å². The van der Waals surface area contributed by atoms with Gasteiger partial charge in [0, 0.05) is 42.5 Å². The van der Waals surface area contributed by atoms with Crippen molar-refractivity contribution in [2.75, 3.05) is 31.6 Å². The van der Waals surface area contributed by atoms with E-state index in [9.17, 15) is 9.59 Å². The Labute approximate surface area is 208 Å². The van der Waals surface area contributed by atoms with Crippen LogP contribution in [0.25, 0.3) is 10.9 Å². The van der Waals surface area contributed by atoms with E-state index in [1.165, 1.54) is 6.08 Å². The quantitative estimate of drug-likeness (QED) is 0.380. The van der Waals surface area contributed by atoms with E-state index in [0.717, 1.165) is 27.9 Å². The summed E-state index contributed by atoms with van der Waals surface area (Å²) >= 11 is 0. The van der Waals surface area contributed by atoms with E-state index in [1.807, 2.05) is 30.3 Å². The van der Waals surface area contributed by atoms with Crippen molar-refractivity contribution in [2.45, 2.75) is 12.1 Å². The molecule has 0 aliphatic carbocycles. The molecule has 184 valence electrons. The Balaban J connectivity index is 1.41. The fourth-order valence-corrected chi connectivity index (χ4v) is 4.36. The maximum Gasteiger partial charge on any atom is 0.256 e. The van der Waals surface area contributed by atoms with E-state index in [4.69, 9.17) is 4.74 Å². The minimum absolute atomic E-state index is 0.247. The first-order valence-electron chi connectivity index (χ1n) is 11.7. The number of aliphatic imine (C=N–C) groups is 1. The van der Waals surface area contributed by atoms with Crippen molar-refractivity contribution in [1.82, 2.24) is 25.7 Å². The predicted octanol–water partition coefficient (Wildman–Crippen LogP) is 2.00. The van der Waals surface area contributed by atoms with E-state index in [0.29, 0.717) is 38.5 Å². The highest BCUT2D eigenvalue weighted by molar-refractivity contribution is 6.08. The average Bonchev–Trinajstić information content (AvgIpc) is 3.42. The van der Waals surface area contributed by atoms with Crippen LogP contribution in [0.1, 0.15) is 11.1 Å². The van der Waals surface area contributed by atoms with Gasteiger partial charge in [0.15, 0.2) is 5.54 Å². The van der Waals surface area contributed by atoms with Crippen LogP contribution in [0, 0.1) is 0 Å². The van der Waals surface area contributed by atoms with E-state index >= 15 is 0 Å². The lowest BCUT2D eigenvalue weighted by atomic mass is 9.86. The second-order valence-electron chi connectivity index (χ2n) is 8.53. The van der Waals surface area contributed by atoms with Crippen LogP contribution in [-0.2, 0) is 26.4 Å². The molecule has 1 fully saturated rings. The van der Waals surface area contributed by atoms with Crippen molar-refractivity contribution in [3.05, 3.63) is 84.5 Å². The Hall–Kier alpha value is -4.44. The number of anilines is 1. The molecule has 1 saturated heterocycles. The number of benzene rings is 2. The summed E-state index contributed by atoms with van der Waals surface area (Å²) in [5, 5.41) is 17.2. The zero-order valence-corrected chi connectivity index (χ0v) is 19.7. The topological polar surface area (TPSA) is 124 Å². The number of aromatic amines is 1. The fraction of sp³-hybridized carbons (Fsp3) is 0.231. The number of H-pyrrole nitrogens is 1. The number of carbonyl (C=O) groups excluding carboxylic acids is 2. The molecule has 2 aliphatic rings. The first kappa shape index (κ1) is 23.3. The average molecular weight is 486 g/mol. The lowest BCUT2D eigenvalue weighted by Gasteiger charge is -2.39. The number of nitrogens with one attached hydrogen (secondary N) is 4. The van der Waals surface area contributed by atoms with E-state index in [1.54, 1.807) is 30.7 Å². The van der Waals surface area contributed by atoms with Crippen LogP contribution in [-0.4, -0.2) is 59.4 Å². The largest absolute Gasteiger partial charge is 0.378 e. The molecule has 0 bridgehead atoms. The summed E-state index contributed by atoms with van der Waals surface area (Å²) in [5.41, 5.74) is 1.86. The number of amides is 2. The number of aromatic nitrogens is 2. The number of morpholine rings is 1. The maximum absolute atomic E-state index is 13.9. The molecule has 0 radical (unpaired) electrons. The van der Waals surface area contributed by atoms with Crippen LogP contribution in [0.4, 0.5) is 5.69 Å². The number of fused-ring (bicyclic) bond motifs is 1. The third-order valence-electron chi connectivity index (χ3n) is 6.27. The molecule has 1 unspecified atom stereocenters. The third kappa shape index (κ3) is 4.58. The normalized spacial score (nSPS) is 19.3. The lowest BCUT2D eigenvalue weighted by molar-refractivity contribution is -0.125. The van der Waals surface area contributed by atoms with Crippen LogP contribution < -0.4 is 16.0 Å². The molecule has 3 heterocycles. The van der Waals surface area contributed by atoms with Gasteiger partial charge in [-0.25, -0.2) is 0 Å². The van der Waals surface area contributed by atoms with Crippen molar-refractivity contribution in [2.24, 2.45) is 4.99 Å². The molecule has 1 atom stereocenters. The predicted molar refractivity (Wildman–Crippen MR) is 137 cm³/mol. The molecule has 10 nitrogen and oxygen atoms in total. The molecule has 0 saturated carbocycles. The van der Waals surface area contributed by atoms with Gasteiger partial charge in [0.1, 0.15) is 5.82 Å². The van der Waals surface area contributed by atoms with Gasteiger partial charge < -0.3 is 25.6 Å². The molecule has 5 rings (SSSR count). The molecule has 2 aliphatic heterocycles. The van der Waals surface area contributed by atoms with Gasteiger partial charge in [0.25, 0.3) is 5.91 Å². The van der Waals surface area contributed by atoms with Gasteiger partial charge in [-0.2, -0.15) is 5.10 Å². The van der Waals surface area contributed by atoms with Crippen molar-refractivity contribution in [1.29, 1.82) is 0 Å². The Morgan fingerprint density at radius 1 is 1.17 bits per heavy atom. The van der Waals surface area contributed by atoms with Gasteiger partial charge in [-0.15, -0.1) is 0 Å². The van der Waals surface area contributed by atoms with E-state index in [-0.39, 0.29) is 11.8 Å². The molecule has 1 aromatic heterocycles. The zero-order valence-electron chi connectivity index (χ0n) is 19.7. The van der Waals surface area contributed by atoms with Crippen LogP contribution >= 0.6 is 0 Å². The minimum atomic E-state index is -1.25. The van der Waals surface area contributed by atoms with Crippen molar-refractivity contribution >= 4 is 34.6 Å². The summed E-state index contributed by atoms with van der Waals surface area (Å²) in [7, 11) is 0. The molecule has 4 N–H and O–H groups in total. The van der Waals surface area contributed by atoms with Gasteiger partial charge in [-0.1, -0.05) is 30.8 Å². The summed E-state index contributed by atoms with van der Waals surface area (Å²) in [6.07, 6.45) is 6.31. The Morgan fingerprint density at radius 3 is 2.75 bits per heavy atom. The number of nitrogens with zero attached hydrogens (tertiary/aromatic N) is 3. The van der Waals surface area contributed by atoms with Crippen LogP contribution in [0.2, 0.25) is 0 Å². The van der Waals surface area contributed by atoms with Crippen LogP contribution in [0.3, 0.4) is 0 Å². The highest BCUT2D eigenvalue weighted by Crippen LogP contribution is 2.31. The van der Waals surface area contributed by atoms with Crippen LogP contribution in [0.15, 0.2) is 78.3 Å². The fourth-order valence-electron chi connectivity index (χ4n) is 4.36. The number of carbonyl (C=O) groups is 2. The number of ether oxygens (including phenoxy) is 1. The summed E-state index contributed by atoms with van der Waals surface area (Å²) in [5.74, 6) is 0.236. The first-order valence-corrected chi connectivity index (χ1v) is 11.7. The Bertz CT molecular complexity index is 1340. The number of hydrogen-bond acceptors (Lipinski definition) is 7. The number of hydrogen-bond donors (Lipinski definition) is 4. The van der Waals surface area contributed by atoms with Crippen molar-refractivity contribution < 1.29 is 14.3 Å². The van der Waals surface area contributed by atoms with E-state index < -0.39 is 5.54 Å². The molecule has 36 heavy (non-hydrogen) atoms. The smallest absolute Gasteiger partial charge is 0.256 e. The molecule has 0 spiro atoms. The molecule has 10 heteroatoms. The van der Waals surface area contributed by atoms with E-state index in [2.05, 4.69) is 42.6 Å². The minimum Gasteiger partial charge on any atom is -0.378 e. The highest BCUT2D eigenvalue weighted by Gasteiger charge is 2.43. The summed E-state index contributed by atoms with van der Waals surface area (Å²) in [6.45, 7) is 6.39. The Morgan fingerprint density at radius 2 is 1.97 bits per heavy atom. The number of rotatable bonds is 7. The SMILES string of the molecule is C=CC(=O)Nc1ccc(CNC(=O)C2(c3cccc4[nH]ncc34)C=NC=C(N3CCOCC3)N2)cc1. The second kappa shape index (κ2) is 10.0. The summed E-state index contributed by atoms with van der Waals surface area (Å²) in [6, 6.07) is 13.0. The monoisotopic (exact) mass is 485 g/mol. The van der Waals surface area contributed by atoms with Crippen molar-refractivity contribution in [3.63, 3.8) is 0 Å². The molecule has 2 amide bonds. The Kier molecular flexibility index (Phi) is 6.50. The summed E-state index contributed by atoms with van der Waals surface area (Å²) in [4.78, 5) is 32.1. The molecule has 3 aromatic rings. The zero-order chi connectivity index (χ0) is 25.0. The van der Waals surface area contributed by atoms with Gasteiger partial charge in [-0.05, 0) is 29.8 Å². The highest BCUT2D eigenvalue weighted by atomic mass is 16.5. The lowest BCUT2D eigenvalue weighted by Crippen LogP contribution is -2.58. The van der Waals surface area contributed by atoms with Crippen molar-refractivity contribution in [3.8, 4) is 0 Å². The third-order valence-corrected chi connectivity index (χ3v) is 6.27. The first-order chi connectivity index (χ1) is 17.6. The van der Waals surface area contributed by atoms with Gasteiger partial charge >= 0.3 is 0 Å². The van der Waals surface area contributed by atoms with Crippen LogP contribution in [0.5, 0.6) is 0 Å². The molecular formula is C26H27N7O3. The second-order valence-corrected chi connectivity index (χ2v) is 8.53. The van der Waals surface area contributed by atoms with Gasteiger partial charge in [0.2, 0.25) is 5.91 Å². The van der Waals surface area contributed by atoms with Gasteiger partial charge in [0.05, 0.1) is 31.1 Å². The molecule has 2 aromatic carbocycles. The molecular weight excluding hydrogens is 458 g/mol. The standard InChI is InChI=1S/C26H27N7O3/c1-2-24(34)30-19-8-6-18(7-9-19)14-28-25(35)26(21-4-3-5-22-20(21)15-29-32-22)17-27-16-23(31-26)33-10-12-36-13-11-33/h2-9,15-17,31H,1,10-14H2,(H,28,35)(H,29,32)(H,30,34). The summed E-state index contributed by atoms with van der Waals surface area (Å²) < 4.78 is 5.49. The maximum atomic E-state index is 13.9.